The Kier molecular flexibility index (Phi) is 8.76. The van der Waals surface area contributed by atoms with Gasteiger partial charge in [0, 0.05) is 33.3 Å². The van der Waals surface area contributed by atoms with Crippen LogP contribution in [0.1, 0.15) is 53.8 Å². The van der Waals surface area contributed by atoms with Crippen LogP contribution in [0.25, 0.3) is 11.0 Å². The predicted octanol–water partition coefficient (Wildman–Crippen LogP) is 6.48. The molecule has 5 N–H and O–H groups in total. The van der Waals surface area contributed by atoms with Crippen LogP contribution in [-0.2, 0) is 0 Å². The predicted molar refractivity (Wildman–Crippen MR) is 164 cm³/mol. The summed E-state index contributed by atoms with van der Waals surface area (Å²) in [7, 11) is 0. The number of nitrogens with two attached hydrogens (primary N) is 1. The summed E-state index contributed by atoms with van der Waals surface area (Å²) in [6, 6.07) is 26.5. The van der Waals surface area contributed by atoms with E-state index >= 15 is 0 Å². The van der Waals surface area contributed by atoms with Crippen molar-refractivity contribution < 1.29 is 9.90 Å². The van der Waals surface area contributed by atoms with E-state index in [1.54, 1.807) is 17.8 Å². The Balaban J connectivity index is 1.50. The molecule has 2 aromatic heterocycles. The zero-order chi connectivity index (χ0) is 28.8. The lowest BCUT2D eigenvalue weighted by molar-refractivity contribution is 0.0930. The summed E-state index contributed by atoms with van der Waals surface area (Å²) in [5, 5.41) is 16.9. The van der Waals surface area contributed by atoms with Crippen molar-refractivity contribution in [3.63, 3.8) is 0 Å². The molecule has 0 saturated carbocycles. The Labute approximate surface area is 243 Å². The minimum absolute atomic E-state index is 0.0445. The highest BCUT2D eigenvalue weighted by molar-refractivity contribution is 7.99. The number of fused-ring (bicyclic) bond motifs is 1. The van der Waals surface area contributed by atoms with E-state index in [-0.39, 0.29) is 24.5 Å². The van der Waals surface area contributed by atoms with E-state index in [9.17, 15) is 9.90 Å². The maximum absolute atomic E-state index is 13.5. The number of pyridine rings is 1. The van der Waals surface area contributed by atoms with Gasteiger partial charge in [-0.15, -0.1) is 0 Å². The summed E-state index contributed by atoms with van der Waals surface area (Å²) >= 11 is 1.55. The summed E-state index contributed by atoms with van der Waals surface area (Å²) in [5.74, 6) is 0.626. The van der Waals surface area contributed by atoms with E-state index in [4.69, 9.17) is 10.7 Å². The number of amides is 1. The molecule has 0 radical (unpaired) electrons. The highest BCUT2D eigenvalue weighted by Gasteiger charge is 2.18. The first kappa shape index (κ1) is 28.1. The second kappa shape index (κ2) is 12.8. The van der Waals surface area contributed by atoms with E-state index in [0.717, 1.165) is 26.4 Å². The molecule has 41 heavy (non-hydrogen) atoms. The number of rotatable bonds is 10. The molecule has 5 rings (SSSR count). The van der Waals surface area contributed by atoms with Gasteiger partial charge in [-0.25, -0.2) is 15.0 Å². The normalized spacial score (nSPS) is 11.9. The fraction of sp³-hybridized carbons (Fsp3) is 0.188. The molecule has 2 heterocycles. The third kappa shape index (κ3) is 6.82. The average molecular weight is 565 g/mol. The smallest absolute Gasteiger partial charge is 0.251 e. The molecule has 5 aromatic rings. The fourth-order valence-electron chi connectivity index (χ4n) is 4.40. The van der Waals surface area contributed by atoms with E-state index in [1.165, 1.54) is 6.33 Å². The Morgan fingerprint density at radius 2 is 1.76 bits per heavy atom. The van der Waals surface area contributed by atoms with Crippen molar-refractivity contribution >= 4 is 45.9 Å². The SMILES string of the molecule is CC(C)c1ccc2c(Nc3cc(C(=O)N[C@@H](CCO)c4ccccc4)ccc3Sc3ccc(N)cc3)ncnc2n1. The standard InChI is InChI=1S/C32H32N6O2S/c1-20(2)26-14-13-25-30(36-26)34-19-35-31(25)37-28-18-22(8-15-29(28)41-24-11-9-23(33)10-12-24)32(40)38-27(16-17-39)21-6-4-3-5-7-21/h3-15,18-20,27,39H,16-17,33H2,1-2H3,(H,38,40)(H,34,35,36,37)/t27-/m0/s1. The molecule has 0 bridgehead atoms. The Morgan fingerprint density at radius 1 is 0.976 bits per heavy atom. The second-order valence-electron chi connectivity index (χ2n) is 9.94. The number of aliphatic hydroxyl groups is 1. The molecule has 0 aliphatic rings. The van der Waals surface area contributed by atoms with Crippen LogP contribution in [-0.4, -0.2) is 32.6 Å². The van der Waals surface area contributed by atoms with E-state index in [0.29, 0.717) is 34.8 Å². The third-order valence-corrected chi connectivity index (χ3v) is 7.72. The van der Waals surface area contributed by atoms with Crippen LogP contribution >= 0.6 is 11.8 Å². The number of aromatic nitrogens is 3. The van der Waals surface area contributed by atoms with E-state index in [2.05, 4.69) is 34.4 Å². The van der Waals surface area contributed by atoms with Gasteiger partial charge in [0.15, 0.2) is 5.65 Å². The molecule has 0 saturated heterocycles. The second-order valence-corrected chi connectivity index (χ2v) is 11.1. The van der Waals surface area contributed by atoms with Crippen molar-refractivity contribution in [1.29, 1.82) is 0 Å². The van der Waals surface area contributed by atoms with Crippen LogP contribution < -0.4 is 16.4 Å². The number of carbonyl (C=O) groups excluding carboxylic acids is 1. The first-order valence-corrected chi connectivity index (χ1v) is 14.3. The number of nitrogens with zero attached hydrogens (tertiary/aromatic N) is 3. The monoisotopic (exact) mass is 564 g/mol. The summed E-state index contributed by atoms with van der Waals surface area (Å²) in [5.41, 5.74) is 10.3. The van der Waals surface area contributed by atoms with Gasteiger partial charge in [0.1, 0.15) is 12.1 Å². The number of benzene rings is 3. The maximum Gasteiger partial charge on any atom is 0.251 e. The summed E-state index contributed by atoms with van der Waals surface area (Å²) in [6.45, 7) is 4.14. The van der Waals surface area contributed by atoms with Crippen molar-refractivity contribution in [2.75, 3.05) is 17.7 Å². The van der Waals surface area contributed by atoms with Crippen LogP contribution in [0.4, 0.5) is 17.2 Å². The van der Waals surface area contributed by atoms with Gasteiger partial charge >= 0.3 is 0 Å². The van der Waals surface area contributed by atoms with E-state index in [1.807, 2.05) is 78.9 Å². The lowest BCUT2D eigenvalue weighted by Crippen LogP contribution is -2.29. The van der Waals surface area contributed by atoms with Crippen molar-refractivity contribution in [1.82, 2.24) is 20.3 Å². The largest absolute Gasteiger partial charge is 0.399 e. The maximum atomic E-state index is 13.5. The van der Waals surface area contributed by atoms with Gasteiger partial charge in [0.05, 0.1) is 17.1 Å². The number of anilines is 3. The molecule has 0 spiro atoms. The minimum Gasteiger partial charge on any atom is -0.399 e. The van der Waals surface area contributed by atoms with Crippen LogP contribution in [0, 0.1) is 0 Å². The number of carbonyl (C=O) groups is 1. The van der Waals surface area contributed by atoms with Crippen molar-refractivity contribution in [3.8, 4) is 0 Å². The Hall–Kier alpha value is -4.47. The van der Waals surface area contributed by atoms with Gasteiger partial charge in [-0.2, -0.15) is 0 Å². The molecule has 0 fully saturated rings. The molecule has 3 aromatic carbocycles. The first-order chi connectivity index (χ1) is 19.9. The van der Waals surface area contributed by atoms with Crippen LogP contribution in [0.5, 0.6) is 0 Å². The zero-order valence-corrected chi connectivity index (χ0v) is 23.7. The van der Waals surface area contributed by atoms with Gasteiger partial charge < -0.3 is 21.5 Å². The molecule has 1 amide bonds. The minimum atomic E-state index is -0.319. The highest BCUT2D eigenvalue weighted by atomic mass is 32.2. The molecule has 8 nitrogen and oxygen atoms in total. The van der Waals surface area contributed by atoms with Gasteiger partial charge in [0.25, 0.3) is 5.91 Å². The number of nitrogen functional groups attached to an aromatic ring is 1. The third-order valence-electron chi connectivity index (χ3n) is 6.64. The summed E-state index contributed by atoms with van der Waals surface area (Å²) < 4.78 is 0. The van der Waals surface area contributed by atoms with Crippen LogP contribution in [0.15, 0.2) is 101 Å². The Bertz CT molecular complexity index is 1640. The van der Waals surface area contributed by atoms with Gasteiger partial charge in [-0.05, 0) is 72.5 Å². The average Bonchev–Trinajstić information content (AvgIpc) is 2.99. The molecule has 1 atom stereocenters. The molecule has 0 unspecified atom stereocenters. The van der Waals surface area contributed by atoms with Gasteiger partial charge in [-0.1, -0.05) is 55.9 Å². The summed E-state index contributed by atoms with van der Waals surface area (Å²) in [6.07, 6.45) is 1.90. The van der Waals surface area contributed by atoms with Gasteiger partial charge in [0.2, 0.25) is 0 Å². The van der Waals surface area contributed by atoms with Crippen molar-refractivity contribution in [2.24, 2.45) is 0 Å². The highest BCUT2D eigenvalue weighted by Crippen LogP contribution is 2.37. The lowest BCUT2D eigenvalue weighted by Gasteiger charge is -2.19. The number of hydrogen-bond donors (Lipinski definition) is 4. The molecule has 0 aliphatic carbocycles. The topological polar surface area (TPSA) is 126 Å². The van der Waals surface area contributed by atoms with E-state index < -0.39 is 0 Å². The first-order valence-electron chi connectivity index (χ1n) is 13.4. The molecule has 208 valence electrons. The Morgan fingerprint density at radius 3 is 2.49 bits per heavy atom. The molecule has 9 heteroatoms. The summed E-state index contributed by atoms with van der Waals surface area (Å²) in [4.78, 5) is 29.0. The quantitative estimate of drug-likeness (QED) is 0.142. The van der Waals surface area contributed by atoms with Gasteiger partial charge in [-0.3, -0.25) is 4.79 Å². The molecular formula is C32H32N6O2S. The molecule has 0 aliphatic heterocycles. The fourth-order valence-corrected chi connectivity index (χ4v) is 5.29. The zero-order valence-electron chi connectivity index (χ0n) is 22.9. The van der Waals surface area contributed by atoms with Crippen LogP contribution in [0.2, 0.25) is 0 Å². The van der Waals surface area contributed by atoms with Crippen molar-refractivity contribution in [3.05, 3.63) is 108 Å². The number of hydrogen-bond acceptors (Lipinski definition) is 8. The lowest BCUT2D eigenvalue weighted by atomic mass is 10.0. The van der Waals surface area contributed by atoms with Crippen LogP contribution in [0.3, 0.4) is 0 Å². The molecular weight excluding hydrogens is 532 g/mol. The number of nitrogens with one attached hydrogen (secondary N) is 2. The number of aliphatic hydroxyl groups excluding tert-OH is 1. The van der Waals surface area contributed by atoms with Crippen molar-refractivity contribution in [2.45, 2.75) is 42.0 Å².